The van der Waals surface area contributed by atoms with E-state index in [-0.39, 0.29) is 0 Å². The lowest BCUT2D eigenvalue weighted by Crippen LogP contribution is -2.32. The fourth-order valence-corrected chi connectivity index (χ4v) is 3.68. The molecule has 2 heterocycles. The molecule has 0 saturated heterocycles. The van der Waals surface area contributed by atoms with Gasteiger partial charge in [-0.25, -0.2) is 4.79 Å². The Morgan fingerprint density at radius 1 is 1.05 bits per heavy atom. The first-order valence-electron chi connectivity index (χ1n) is 7.58. The molecule has 0 radical (unpaired) electrons. The van der Waals surface area contributed by atoms with E-state index in [0.717, 1.165) is 63.8 Å². The van der Waals surface area contributed by atoms with Gasteiger partial charge in [0.05, 0.1) is 0 Å². The second-order valence-corrected chi connectivity index (χ2v) is 6.29. The lowest BCUT2D eigenvalue weighted by atomic mass is 9.70. The molecule has 0 unspecified atom stereocenters. The molecule has 0 aliphatic heterocycles. The summed E-state index contributed by atoms with van der Waals surface area (Å²) in [6.45, 7) is 5.92. The lowest BCUT2D eigenvalue weighted by Gasteiger charge is -2.37. The molecule has 1 aliphatic carbocycles. The van der Waals surface area contributed by atoms with Crippen molar-refractivity contribution in [1.82, 2.24) is 0 Å². The summed E-state index contributed by atoms with van der Waals surface area (Å²) < 4.78 is 11.9. The summed E-state index contributed by atoms with van der Waals surface area (Å²) in [4.78, 5) is 15.2. The van der Waals surface area contributed by atoms with E-state index in [1.165, 1.54) is 0 Å². The van der Waals surface area contributed by atoms with Crippen LogP contribution < -0.4 is 0 Å². The highest BCUT2D eigenvalue weighted by Crippen LogP contribution is 2.51. The van der Waals surface area contributed by atoms with Crippen LogP contribution in [0.3, 0.4) is 0 Å². The highest BCUT2D eigenvalue weighted by molar-refractivity contribution is 6.02. The number of benzene rings is 1. The van der Waals surface area contributed by atoms with Crippen LogP contribution in [0.5, 0.6) is 0 Å². The molecule has 4 nitrogen and oxygen atoms in total. The minimum absolute atomic E-state index is 0.507. The van der Waals surface area contributed by atoms with Gasteiger partial charge in [0.1, 0.15) is 28.2 Å². The summed E-state index contributed by atoms with van der Waals surface area (Å²) >= 11 is 0. The number of carbonyl (C=O) groups excluding carboxylic acids is 1. The maximum Gasteiger partial charge on any atom is 0.235 e. The number of aryl methyl sites for hydroxylation is 3. The van der Waals surface area contributed by atoms with Gasteiger partial charge < -0.3 is 8.83 Å². The van der Waals surface area contributed by atoms with Crippen molar-refractivity contribution in [2.24, 2.45) is 4.99 Å². The Hall–Kier alpha value is -2.32. The molecule has 4 rings (SSSR count). The van der Waals surface area contributed by atoms with Gasteiger partial charge >= 0.3 is 0 Å². The van der Waals surface area contributed by atoms with Gasteiger partial charge in [-0.2, -0.15) is 4.99 Å². The Morgan fingerprint density at radius 3 is 2.27 bits per heavy atom. The van der Waals surface area contributed by atoms with Gasteiger partial charge in [-0.1, -0.05) is 0 Å². The van der Waals surface area contributed by atoms with E-state index in [0.29, 0.717) is 0 Å². The van der Waals surface area contributed by atoms with Crippen LogP contribution in [0.2, 0.25) is 0 Å². The zero-order valence-electron chi connectivity index (χ0n) is 12.9. The molecule has 0 N–H and O–H groups in total. The molecule has 0 atom stereocenters. The predicted octanol–water partition coefficient (Wildman–Crippen LogP) is 4.82. The van der Waals surface area contributed by atoms with E-state index in [9.17, 15) is 4.79 Å². The Morgan fingerprint density at radius 2 is 1.68 bits per heavy atom. The minimum Gasteiger partial charge on any atom is -0.461 e. The second-order valence-electron chi connectivity index (χ2n) is 6.29. The van der Waals surface area contributed by atoms with Gasteiger partial charge in [0.15, 0.2) is 0 Å². The van der Waals surface area contributed by atoms with Crippen molar-refractivity contribution in [3.05, 3.63) is 34.8 Å². The van der Waals surface area contributed by atoms with E-state index >= 15 is 0 Å². The monoisotopic (exact) mass is 295 g/mol. The molecule has 1 aromatic carbocycles. The smallest absolute Gasteiger partial charge is 0.235 e. The van der Waals surface area contributed by atoms with Crippen LogP contribution in [0, 0.1) is 20.8 Å². The Labute approximate surface area is 127 Å². The van der Waals surface area contributed by atoms with Crippen molar-refractivity contribution in [3.63, 3.8) is 0 Å². The van der Waals surface area contributed by atoms with Crippen LogP contribution in [0.25, 0.3) is 21.9 Å². The summed E-state index contributed by atoms with van der Waals surface area (Å²) in [6, 6.07) is 4.05. The molecule has 1 fully saturated rings. The van der Waals surface area contributed by atoms with Crippen LogP contribution >= 0.6 is 0 Å². The molecule has 0 bridgehead atoms. The maximum atomic E-state index is 11.0. The summed E-state index contributed by atoms with van der Waals surface area (Å²) in [6.07, 6.45) is 4.52. The number of hydrogen-bond donors (Lipinski definition) is 0. The molecule has 22 heavy (non-hydrogen) atoms. The highest BCUT2D eigenvalue weighted by Gasteiger charge is 2.43. The normalized spacial score (nSPS) is 16.7. The third-order valence-corrected chi connectivity index (χ3v) is 4.86. The molecule has 2 aromatic heterocycles. The quantitative estimate of drug-likeness (QED) is 0.503. The fourth-order valence-electron chi connectivity index (χ4n) is 3.68. The van der Waals surface area contributed by atoms with Crippen LogP contribution in [-0.2, 0) is 10.3 Å². The molecule has 0 amide bonds. The number of nitrogens with zero attached hydrogens (tertiary/aromatic N) is 1. The number of aliphatic imine (C=N–C) groups is 1. The molecule has 1 saturated carbocycles. The Kier molecular flexibility index (Phi) is 2.63. The SMILES string of the molecule is Cc1cc2c(C3(N=C=O)CCC3)c3oc(C)cc3c(C)c2o1. The van der Waals surface area contributed by atoms with E-state index in [4.69, 9.17) is 8.83 Å². The zero-order chi connectivity index (χ0) is 15.5. The van der Waals surface area contributed by atoms with Gasteiger partial charge in [0, 0.05) is 21.9 Å². The zero-order valence-corrected chi connectivity index (χ0v) is 12.9. The van der Waals surface area contributed by atoms with Crippen LogP contribution in [-0.4, -0.2) is 6.08 Å². The van der Waals surface area contributed by atoms with Gasteiger partial charge in [0.2, 0.25) is 6.08 Å². The van der Waals surface area contributed by atoms with Crippen LogP contribution in [0.1, 0.15) is 41.9 Å². The van der Waals surface area contributed by atoms with Crippen molar-refractivity contribution in [2.75, 3.05) is 0 Å². The van der Waals surface area contributed by atoms with Crippen molar-refractivity contribution < 1.29 is 13.6 Å². The summed E-state index contributed by atoms with van der Waals surface area (Å²) in [5, 5.41) is 2.05. The third kappa shape index (κ3) is 1.59. The summed E-state index contributed by atoms with van der Waals surface area (Å²) in [5.74, 6) is 1.71. The predicted molar refractivity (Wildman–Crippen MR) is 83.8 cm³/mol. The molecule has 112 valence electrons. The molecule has 1 aliphatic rings. The first-order valence-corrected chi connectivity index (χ1v) is 7.58. The number of hydrogen-bond acceptors (Lipinski definition) is 4. The maximum absolute atomic E-state index is 11.0. The first-order chi connectivity index (χ1) is 10.6. The van der Waals surface area contributed by atoms with E-state index in [1.807, 2.05) is 32.9 Å². The number of fused-ring (bicyclic) bond motifs is 2. The van der Waals surface area contributed by atoms with E-state index in [1.54, 1.807) is 6.08 Å². The molecule has 3 aromatic rings. The average molecular weight is 295 g/mol. The molecular formula is C18H17NO3. The number of furan rings is 2. The standard InChI is InChI=1S/C18H17NO3/c1-10-7-13-12(3)16-14(8-11(2)21-16)15(17(13)22-10)18(19-9-20)5-4-6-18/h7-8H,4-6H2,1-3H3. The van der Waals surface area contributed by atoms with E-state index in [2.05, 4.69) is 4.99 Å². The molecule has 0 spiro atoms. The molecular weight excluding hydrogens is 278 g/mol. The van der Waals surface area contributed by atoms with Gasteiger partial charge in [-0.05, 0) is 52.2 Å². The third-order valence-electron chi connectivity index (χ3n) is 4.86. The van der Waals surface area contributed by atoms with Crippen molar-refractivity contribution in [3.8, 4) is 0 Å². The highest BCUT2D eigenvalue weighted by atomic mass is 16.3. The summed E-state index contributed by atoms with van der Waals surface area (Å²) in [5.41, 5.74) is 3.26. The Bertz CT molecular complexity index is 892. The van der Waals surface area contributed by atoms with E-state index < -0.39 is 5.54 Å². The van der Waals surface area contributed by atoms with Crippen molar-refractivity contribution >= 4 is 28.0 Å². The number of isocyanates is 1. The topological polar surface area (TPSA) is 55.7 Å². The lowest BCUT2D eigenvalue weighted by molar-refractivity contribution is 0.258. The minimum atomic E-state index is -0.507. The largest absolute Gasteiger partial charge is 0.461 e. The van der Waals surface area contributed by atoms with Crippen molar-refractivity contribution in [2.45, 2.75) is 45.6 Å². The average Bonchev–Trinajstić information content (AvgIpc) is 2.99. The van der Waals surface area contributed by atoms with Crippen LogP contribution in [0.15, 0.2) is 26.0 Å². The fraction of sp³-hybridized carbons (Fsp3) is 0.389. The first kappa shape index (κ1) is 13.4. The van der Waals surface area contributed by atoms with Crippen molar-refractivity contribution in [1.29, 1.82) is 0 Å². The number of rotatable bonds is 2. The summed E-state index contributed by atoms with van der Waals surface area (Å²) in [7, 11) is 0. The second kappa shape index (κ2) is 4.34. The van der Waals surface area contributed by atoms with Gasteiger partial charge in [-0.15, -0.1) is 0 Å². The van der Waals surface area contributed by atoms with Gasteiger partial charge in [-0.3, -0.25) is 0 Å². The van der Waals surface area contributed by atoms with Gasteiger partial charge in [0.25, 0.3) is 0 Å². The Balaban J connectivity index is 2.22. The molecule has 4 heteroatoms. The van der Waals surface area contributed by atoms with Crippen LogP contribution in [0.4, 0.5) is 0 Å².